The molecule has 0 saturated carbocycles. The van der Waals surface area contributed by atoms with Crippen LogP contribution in [0.25, 0.3) is 0 Å². The third-order valence-corrected chi connectivity index (χ3v) is 3.36. The number of alkyl halides is 6. The quantitative estimate of drug-likeness (QED) is 0.808. The molecule has 1 heterocycles. The van der Waals surface area contributed by atoms with Crippen molar-refractivity contribution < 1.29 is 31.1 Å². The fraction of sp³-hybridized carbons (Fsp3) is 0.917. The minimum Gasteiger partial charge on any atom is -0.338 e. The number of hydrogen-bond acceptors (Lipinski definition) is 2. The molecule has 0 radical (unpaired) electrons. The smallest absolute Gasteiger partial charge is 0.338 e. The number of carbonyl (C=O) groups is 1. The summed E-state index contributed by atoms with van der Waals surface area (Å²) in [6, 6.07) is -0.626. The van der Waals surface area contributed by atoms with E-state index in [4.69, 9.17) is 0 Å². The Hall–Kier alpha value is -0.990. The minimum absolute atomic E-state index is 0.117. The summed E-state index contributed by atoms with van der Waals surface area (Å²) >= 11 is 0. The highest BCUT2D eigenvalue weighted by Crippen LogP contribution is 2.40. The van der Waals surface area contributed by atoms with Gasteiger partial charge in [-0.3, -0.25) is 4.79 Å². The van der Waals surface area contributed by atoms with Crippen LogP contribution in [-0.2, 0) is 4.79 Å². The van der Waals surface area contributed by atoms with E-state index in [1.807, 2.05) is 0 Å². The summed E-state index contributed by atoms with van der Waals surface area (Å²) in [6.45, 7) is 2.35. The van der Waals surface area contributed by atoms with Crippen LogP contribution in [0.1, 0.15) is 26.2 Å². The van der Waals surface area contributed by atoms with E-state index in [1.165, 1.54) is 0 Å². The molecule has 124 valence electrons. The van der Waals surface area contributed by atoms with Gasteiger partial charge in [0.25, 0.3) is 0 Å². The van der Waals surface area contributed by atoms with E-state index in [9.17, 15) is 31.1 Å². The van der Waals surface area contributed by atoms with Gasteiger partial charge < -0.3 is 10.2 Å². The number of piperidine rings is 1. The topological polar surface area (TPSA) is 32.3 Å². The van der Waals surface area contributed by atoms with Crippen molar-refractivity contribution >= 4 is 5.91 Å². The Morgan fingerprint density at radius 3 is 2.19 bits per heavy atom. The molecule has 1 N–H and O–H groups in total. The van der Waals surface area contributed by atoms with Crippen molar-refractivity contribution in [2.75, 3.05) is 19.6 Å². The van der Waals surface area contributed by atoms with Gasteiger partial charge in [0.05, 0.1) is 0 Å². The molecule has 0 aliphatic carbocycles. The molecule has 3 nitrogen and oxygen atoms in total. The van der Waals surface area contributed by atoms with Crippen molar-refractivity contribution in [2.45, 2.75) is 44.6 Å². The van der Waals surface area contributed by atoms with Crippen molar-refractivity contribution in [1.29, 1.82) is 0 Å². The Bertz CT molecular complexity index is 335. The first-order valence-corrected chi connectivity index (χ1v) is 6.73. The predicted molar refractivity (Wildman–Crippen MR) is 63.5 cm³/mol. The fourth-order valence-corrected chi connectivity index (χ4v) is 2.44. The molecule has 1 unspecified atom stereocenters. The van der Waals surface area contributed by atoms with Gasteiger partial charge in [-0.15, -0.1) is 0 Å². The van der Waals surface area contributed by atoms with Crippen LogP contribution in [0.5, 0.6) is 0 Å². The predicted octanol–water partition coefficient (Wildman–Crippen LogP) is 2.72. The Kier molecular flexibility index (Phi) is 5.89. The molecule has 1 aliphatic rings. The Morgan fingerprint density at radius 1 is 1.24 bits per heavy atom. The second-order valence-corrected chi connectivity index (χ2v) is 5.05. The van der Waals surface area contributed by atoms with Gasteiger partial charge in [0, 0.05) is 19.1 Å². The summed E-state index contributed by atoms with van der Waals surface area (Å²) in [6.07, 6.45) is -9.96. The van der Waals surface area contributed by atoms with Crippen LogP contribution in [0.2, 0.25) is 0 Å². The summed E-state index contributed by atoms with van der Waals surface area (Å²) in [7, 11) is 0. The molecule has 1 fully saturated rings. The second kappa shape index (κ2) is 6.85. The molecule has 0 spiro atoms. The monoisotopic (exact) mass is 320 g/mol. The number of hydrogen-bond donors (Lipinski definition) is 1. The average molecular weight is 320 g/mol. The van der Waals surface area contributed by atoms with Gasteiger partial charge in [-0.2, -0.15) is 26.3 Å². The largest absolute Gasteiger partial charge is 0.409 e. The highest BCUT2D eigenvalue weighted by atomic mass is 19.4. The molecule has 0 bridgehead atoms. The van der Waals surface area contributed by atoms with Gasteiger partial charge in [-0.1, -0.05) is 6.92 Å². The lowest BCUT2D eigenvalue weighted by Crippen LogP contribution is -2.55. The first kappa shape index (κ1) is 18.1. The fourth-order valence-electron chi connectivity index (χ4n) is 2.44. The van der Waals surface area contributed by atoms with Gasteiger partial charge in [0.1, 0.15) is 0 Å². The molecule has 0 aromatic carbocycles. The minimum atomic E-state index is -5.64. The molecule has 1 amide bonds. The van der Waals surface area contributed by atoms with Gasteiger partial charge >= 0.3 is 12.4 Å². The van der Waals surface area contributed by atoms with Crippen LogP contribution in [0.4, 0.5) is 26.3 Å². The van der Waals surface area contributed by atoms with Gasteiger partial charge in [-0.05, 0) is 25.8 Å². The zero-order valence-electron chi connectivity index (χ0n) is 11.5. The highest BCUT2D eigenvalue weighted by Gasteiger charge is 2.62. The number of nitrogens with one attached hydrogen (secondary N) is 1. The second-order valence-electron chi connectivity index (χ2n) is 5.05. The third-order valence-electron chi connectivity index (χ3n) is 3.36. The molecule has 1 saturated heterocycles. The molecule has 1 rings (SSSR count). The van der Waals surface area contributed by atoms with E-state index >= 15 is 0 Å². The van der Waals surface area contributed by atoms with Crippen molar-refractivity contribution in [1.82, 2.24) is 10.2 Å². The molecule has 0 aromatic heterocycles. The van der Waals surface area contributed by atoms with Gasteiger partial charge in [0.15, 0.2) is 0 Å². The summed E-state index contributed by atoms with van der Waals surface area (Å²) < 4.78 is 75.9. The highest BCUT2D eigenvalue weighted by molar-refractivity contribution is 5.80. The van der Waals surface area contributed by atoms with E-state index in [-0.39, 0.29) is 13.1 Å². The zero-order valence-corrected chi connectivity index (χ0v) is 11.5. The third kappa shape index (κ3) is 4.76. The normalized spacial score (nSPS) is 20.7. The van der Waals surface area contributed by atoms with E-state index in [1.54, 1.807) is 6.92 Å². The van der Waals surface area contributed by atoms with Crippen LogP contribution < -0.4 is 5.32 Å². The molecule has 1 aliphatic heterocycles. The van der Waals surface area contributed by atoms with Crippen LogP contribution in [0, 0.1) is 5.92 Å². The molecular formula is C12H18F6N2O. The lowest BCUT2D eigenvalue weighted by Gasteiger charge is -2.37. The number of carbonyl (C=O) groups excluding carboxylic acids is 1. The van der Waals surface area contributed by atoms with Crippen molar-refractivity contribution in [3.05, 3.63) is 0 Å². The Balaban J connectivity index is 3.01. The van der Waals surface area contributed by atoms with Crippen molar-refractivity contribution in [2.24, 2.45) is 5.92 Å². The number of halogens is 6. The van der Waals surface area contributed by atoms with Crippen molar-refractivity contribution in [3.63, 3.8) is 0 Å². The first-order chi connectivity index (χ1) is 9.59. The summed E-state index contributed by atoms with van der Waals surface area (Å²) in [5.74, 6) is -5.84. The van der Waals surface area contributed by atoms with E-state index in [2.05, 4.69) is 5.32 Å². The van der Waals surface area contributed by atoms with Gasteiger partial charge in [0.2, 0.25) is 11.8 Å². The average Bonchev–Trinajstić information content (AvgIpc) is 2.33. The first-order valence-electron chi connectivity index (χ1n) is 6.73. The number of rotatable bonds is 4. The number of amides is 1. The molecular weight excluding hydrogens is 302 g/mol. The zero-order chi connectivity index (χ0) is 16.3. The maximum atomic E-state index is 12.7. The maximum absolute atomic E-state index is 12.7. The Labute approximate surface area is 118 Å². The van der Waals surface area contributed by atoms with Crippen LogP contribution in [0.15, 0.2) is 0 Å². The van der Waals surface area contributed by atoms with Crippen LogP contribution >= 0.6 is 0 Å². The van der Waals surface area contributed by atoms with Crippen LogP contribution in [0.3, 0.4) is 0 Å². The molecule has 1 atom stereocenters. The van der Waals surface area contributed by atoms with E-state index < -0.39 is 30.2 Å². The van der Waals surface area contributed by atoms with Crippen LogP contribution in [-0.4, -0.2) is 48.8 Å². The molecule has 0 aromatic rings. The summed E-state index contributed by atoms with van der Waals surface area (Å²) in [5.41, 5.74) is 0. The Morgan fingerprint density at radius 2 is 1.81 bits per heavy atom. The standard InChI is InChI=1S/C12H18F6N2O/c1-2-6-20(8-4-3-5-19-7-8)10(21)9(11(13,14)15)12(16,17)18/h8-9,19H,2-7H2,1H3. The molecule has 21 heavy (non-hydrogen) atoms. The van der Waals surface area contributed by atoms with Crippen molar-refractivity contribution in [3.8, 4) is 0 Å². The number of nitrogens with zero attached hydrogens (tertiary/aromatic N) is 1. The van der Waals surface area contributed by atoms with Gasteiger partial charge in [-0.25, -0.2) is 0 Å². The van der Waals surface area contributed by atoms with E-state index in [0.29, 0.717) is 25.8 Å². The lowest BCUT2D eigenvalue weighted by atomic mass is 10.0. The lowest BCUT2D eigenvalue weighted by molar-refractivity contribution is -0.278. The maximum Gasteiger partial charge on any atom is 0.409 e. The SMILES string of the molecule is CCCN(C(=O)C(C(F)(F)F)C(F)(F)F)C1CCCNC1. The summed E-state index contributed by atoms with van der Waals surface area (Å²) in [4.78, 5) is 12.6. The van der Waals surface area contributed by atoms with E-state index in [0.717, 1.165) is 4.90 Å². The summed E-state index contributed by atoms with van der Waals surface area (Å²) in [5, 5.41) is 2.89. The molecule has 9 heteroatoms.